The molecule has 0 radical (unpaired) electrons. The fraction of sp³-hybridized carbons (Fsp3) is 0.471. The third-order valence-corrected chi connectivity index (χ3v) is 4.64. The maximum atomic E-state index is 6.07. The second-order valence-electron chi connectivity index (χ2n) is 6.47. The maximum absolute atomic E-state index is 6.07. The van der Waals surface area contributed by atoms with Crippen LogP contribution >= 0.6 is 0 Å². The summed E-state index contributed by atoms with van der Waals surface area (Å²) in [6, 6.07) is 4.39. The van der Waals surface area contributed by atoms with E-state index in [1.807, 2.05) is 6.20 Å². The van der Waals surface area contributed by atoms with Crippen molar-refractivity contribution in [1.29, 1.82) is 0 Å². The highest BCUT2D eigenvalue weighted by Crippen LogP contribution is 2.51. The van der Waals surface area contributed by atoms with Crippen LogP contribution in [0, 0.1) is 6.92 Å². The molecule has 1 aromatic carbocycles. The average molecular weight is 254 g/mol. The standard InChI is InChI=1S/C17H22N2/c1-10(2)15-11(3)12-5-8-19-16(18)13(12)9-14(15)17(4)6-7-17/h5,8-10H,6-7H2,1-4H3,(H2,18,19). The van der Waals surface area contributed by atoms with E-state index in [0.29, 0.717) is 17.2 Å². The summed E-state index contributed by atoms with van der Waals surface area (Å²) in [4.78, 5) is 4.24. The van der Waals surface area contributed by atoms with Gasteiger partial charge in [0.1, 0.15) is 5.82 Å². The average Bonchev–Trinajstić information content (AvgIpc) is 3.09. The highest BCUT2D eigenvalue weighted by Gasteiger charge is 2.41. The largest absolute Gasteiger partial charge is 0.383 e. The van der Waals surface area contributed by atoms with Gasteiger partial charge >= 0.3 is 0 Å². The Balaban J connectivity index is 2.40. The molecule has 0 atom stereocenters. The van der Waals surface area contributed by atoms with Crippen molar-refractivity contribution in [1.82, 2.24) is 4.98 Å². The van der Waals surface area contributed by atoms with Crippen LogP contribution in [0.3, 0.4) is 0 Å². The van der Waals surface area contributed by atoms with E-state index in [4.69, 9.17) is 5.73 Å². The molecule has 1 fully saturated rings. The third kappa shape index (κ3) is 1.81. The van der Waals surface area contributed by atoms with E-state index < -0.39 is 0 Å². The molecular weight excluding hydrogens is 232 g/mol. The molecular formula is C17H22N2. The summed E-state index contributed by atoms with van der Waals surface area (Å²) in [5, 5.41) is 2.37. The van der Waals surface area contributed by atoms with E-state index in [0.717, 1.165) is 5.39 Å². The van der Waals surface area contributed by atoms with Gasteiger partial charge in [0, 0.05) is 11.6 Å². The van der Waals surface area contributed by atoms with Gasteiger partial charge < -0.3 is 5.73 Å². The van der Waals surface area contributed by atoms with E-state index in [-0.39, 0.29) is 0 Å². The predicted octanol–water partition coefficient (Wildman–Crippen LogP) is 4.30. The van der Waals surface area contributed by atoms with Crippen molar-refractivity contribution in [3.8, 4) is 0 Å². The van der Waals surface area contributed by atoms with E-state index in [2.05, 4.69) is 44.8 Å². The van der Waals surface area contributed by atoms with Crippen molar-refractivity contribution in [2.75, 3.05) is 5.73 Å². The second-order valence-corrected chi connectivity index (χ2v) is 6.47. The molecule has 0 aliphatic heterocycles. The molecule has 1 saturated carbocycles. The van der Waals surface area contributed by atoms with Gasteiger partial charge in [0.05, 0.1) is 0 Å². The lowest BCUT2D eigenvalue weighted by Gasteiger charge is -2.23. The number of benzene rings is 1. The summed E-state index contributed by atoms with van der Waals surface area (Å²) in [5.41, 5.74) is 10.8. The monoisotopic (exact) mass is 254 g/mol. The third-order valence-electron chi connectivity index (χ3n) is 4.64. The molecule has 3 rings (SSSR count). The number of aromatic nitrogens is 1. The van der Waals surface area contributed by atoms with Crippen LogP contribution in [0.25, 0.3) is 10.8 Å². The zero-order valence-electron chi connectivity index (χ0n) is 12.2. The Kier molecular flexibility index (Phi) is 2.60. The van der Waals surface area contributed by atoms with Crippen LogP contribution in [0.15, 0.2) is 18.3 Å². The van der Waals surface area contributed by atoms with Crippen molar-refractivity contribution in [2.24, 2.45) is 0 Å². The second kappa shape index (κ2) is 3.96. The Hall–Kier alpha value is -1.57. The van der Waals surface area contributed by atoms with Crippen LogP contribution in [0.4, 0.5) is 5.82 Å². The molecule has 0 unspecified atom stereocenters. The van der Waals surface area contributed by atoms with Gasteiger partial charge in [-0.15, -0.1) is 0 Å². The summed E-state index contributed by atoms with van der Waals surface area (Å²) in [7, 11) is 0. The van der Waals surface area contributed by atoms with Crippen LogP contribution in [-0.4, -0.2) is 4.98 Å². The lowest BCUT2D eigenvalue weighted by Crippen LogP contribution is -2.09. The summed E-state index contributed by atoms with van der Waals surface area (Å²) in [6.45, 7) is 9.17. The fourth-order valence-corrected chi connectivity index (χ4v) is 3.24. The van der Waals surface area contributed by atoms with Crippen LogP contribution in [0.1, 0.15) is 56.2 Å². The van der Waals surface area contributed by atoms with Gasteiger partial charge in [-0.1, -0.05) is 20.8 Å². The minimum Gasteiger partial charge on any atom is -0.383 e. The van der Waals surface area contributed by atoms with Crippen molar-refractivity contribution >= 4 is 16.6 Å². The van der Waals surface area contributed by atoms with Gasteiger partial charge in [0.25, 0.3) is 0 Å². The first-order valence-electron chi connectivity index (χ1n) is 7.12. The maximum Gasteiger partial charge on any atom is 0.131 e. The molecule has 0 saturated heterocycles. The number of pyridine rings is 1. The van der Waals surface area contributed by atoms with Crippen molar-refractivity contribution in [2.45, 2.75) is 51.9 Å². The summed E-state index contributed by atoms with van der Waals surface area (Å²) in [5.74, 6) is 1.20. The summed E-state index contributed by atoms with van der Waals surface area (Å²) in [6.07, 6.45) is 4.39. The van der Waals surface area contributed by atoms with Crippen molar-refractivity contribution < 1.29 is 0 Å². The number of aryl methyl sites for hydroxylation is 1. The van der Waals surface area contributed by atoms with Gasteiger partial charge in [-0.2, -0.15) is 0 Å². The summed E-state index contributed by atoms with van der Waals surface area (Å²) >= 11 is 0. The minimum absolute atomic E-state index is 0.362. The highest BCUT2D eigenvalue weighted by atomic mass is 14.8. The van der Waals surface area contributed by atoms with E-state index in [1.165, 1.54) is 34.9 Å². The molecule has 1 aromatic heterocycles. The fourth-order valence-electron chi connectivity index (χ4n) is 3.24. The number of nitrogens with two attached hydrogens (primary N) is 1. The van der Waals surface area contributed by atoms with Crippen LogP contribution in [0.5, 0.6) is 0 Å². The summed E-state index contributed by atoms with van der Waals surface area (Å²) < 4.78 is 0. The molecule has 1 heterocycles. The first-order chi connectivity index (χ1) is 8.94. The normalized spacial score (nSPS) is 17.1. The molecule has 19 heavy (non-hydrogen) atoms. The molecule has 2 nitrogen and oxygen atoms in total. The zero-order valence-corrected chi connectivity index (χ0v) is 12.2. The Labute approximate surface area is 115 Å². The first-order valence-corrected chi connectivity index (χ1v) is 7.12. The topological polar surface area (TPSA) is 38.9 Å². The van der Waals surface area contributed by atoms with Crippen molar-refractivity contribution in [3.63, 3.8) is 0 Å². The van der Waals surface area contributed by atoms with E-state index in [1.54, 1.807) is 0 Å². The van der Waals surface area contributed by atoms with Gasteiger partial charge in [-0.25, -0.2) is 4.98 Å². The Morgan fingerprint density at radius 2 is 1.95 bits per heavy atom. The van der Waals surface area contributed by atoms with Crippen molar-refractivity contribution in [3.05, 3.63) is 35.0 Å². The lowest BCUT2D eigenvalue weighted by molar-refractivity contribution is 0.740. The first kappa shape index (κ1) is 12.5. The molecule has 2 aromatic rings. The molecule has 2 heteroatoms. The molecule has 1 aliphatic rings. The Bertz CT molecular complexity index is 652. The molecule has 0 bridgehead atoms. The zero-order chi connectivity index (χ0) is 13.8. The number of nitrogens with zero attached hydrogens (tertiary/aromatic N) is 1. The number of hydrogen-bond donors (Lipinski definition) is 1. The minimum atomic E-state index is 0.362. The van der Waals surface area contributed by atoms with Crippen LogP contribution in [-0.2, 0) is 5.41 Å². The van der Waals surface area contributed by atoms with E-state index >= 15 is 0 Å². The molecule has 100 valence electrons. The van der Waals surface area contributed by atoms with Crippen LogP contribution < -0.4 is 5.73 Å². The van der Waals surface area contributed by atoms with Gasteiger partial charge in [0.2, 0.25) is 0 Å². The number of fused-ring (bicyclic) bond motifs is 1. The quantitative estimate of drug-likeness (QED) is 0.867. The van der Waals surface area contributed by atoms with Gasteiger partial charge in [0.15, 0.2) is 0 Å². The SMILES string of the molecule is Cc1c(C(C)C)c(C2(C)CC2)cc2c(N)nccc12. The lowest BCUT2D eigenvalue weighted by atomic mass is 9.82. The Morgan fingerprint density at radius 3 is 2.53 bits per heavy atom. The van der Waals surface area contributed by atoms with E-state index in [9.17, 15) is 0 Å². The Morgan fingerprint density at radius 1 is 1.26 bits per heavy atom. The van der Waals surface area contributed by atoms with Crippen LogP contribution in [0.2, 0.25) is 0 Å². The smallest absolute Gasteiger partial charge is 0.131 e. The number of rotatable bonds is 2. The van der Waals surface area contributed by atoms with Gasteiger partial charge in [-0.05, 0) is 65.3 Å². The highest BCUT2D eigenvalue weighted by molar-refractivity contribution is 5.95. The molecule has 1 aliphatic carbocycles. The number of anilines is 1. The molecule has 2 N–H and O–H groups in total. The molecule has 0 spiro atoms. The predicted molar refractivity (Wildman–Crippen MR) is 81.6 cm³/mol. The van der Waals surface area contributed by atoms with Gasteiger partial charge in [-0.3, -0.25) is 0 Å². The number of hydrogen-bond acceptors (Lipinski definition) is 2. The molecule has 0 amide bonds. The number of nitrogen functional groups attached to an aromatic ring is 1.